The van der Waals surface area contributed by atoms with Crippen LogP contribution in [0.3, 0.4) is 0 Å². The van der Waals surface area contributed by atoms with E-state index in [1.165, 1.54) is 95.9 Å². The number of rotatable bonds is 6. The first kappa shape index (κ1) is 33.2. The van der Waals surface area contributed by atoms with Crippen LogP contribution in [0.25, 0.3) is 75.2 Å². The average molecular weight is 773 g/mol. The molecule has 0 amide bonds. The maximum atomic E-state index is 2.52. The molecule has 58 heavy (non-hydrogen) atoms. The fourth-order valence-corrected chi connectivity index (χ4v) is 15.7. The number of fused-ring (bicyclic) bond motifs is 9. The van der Waals surface area contributed by atoms with Crippen molar-refractivity contribution in [2.75, 3.05) is 0 Å². The van der Waals surface area contributed by atoms with E-state index in [0.29, 0.717) is 0 Å². The second kappa shape index (κ2) is 13.0. The molecule has 0 aliphatic carbocycles. The zero-order chi connectivity index (χ0) is 38.2. The minimum atomic E-state index is -2.94. The minimum absolute atomic E-state index is 1.17. The van der Waals surface area contributed by atoms with Crippen molar-refractivity contribution in [2.24, 2.45) is 0 Å². The molecule has 0 saturated carbocycles. The van der Waals surface area contributed by atoms with Crippen molar-refractivity contribution in [2.45, 2.75) is 0 Å². The normalized spacial score (nSPS) is 12.1. The third-order valence-electron chi connectivity index (χ3n) is 12.2. The Bertz CT molecular complexity index is 3470. The molecule has 3 heterocycles. The lowest BCUT2D eigenvalue weighted by atomic mass is 10.1. The molecular weight excluding hydrogens is 737 g/mol. The summed E-state index contributed by atoms with van der Waals surface area (Å²) in [6, 6.07) is 81.6. The van der Waals surface area contributed by atoms with Gasteiger partial charge in [-0.15, -0.1) is 11.3 Å². The van der Waals surface area contributed by atoms with Crippen LogP contribution in [0.1, 0.15) is 0 Å². The van der Waals surface area contributed by atoms with Gasteiger partial charge in [-0.05, 0) is 81.4 Å². The Hall–Kier alpha value is -6.98. The Balaban J connectivity index is 1.17. The van der Waals surface area contributed by atoms with Crippen LogP contribution in [0.2, 0.25) is 0 Å². The molecule has 0 fully saturated rings. The third-order valence-corrected chi connectivity index (χ3v) is 18.1. The van der Waals surface area contributed by atoms with E-state index in [2.05, 4.69) is 228 Å². The summed E-state index contributed by atoms with van der Waals surface area (Å²) in [6.45, 7) is 0. The molecule has 272 valence electrons. The Morgan fingerprint density at radius 1 is 0.276 bits per heavy atom. The summed E-state index contributed by atoms with van der Waals surface area (Å²) in [6.07, 6.45) is 0. The van der Waals surface area contributed by atoms with Crippen molar-refractivity contribution in [3.05, 3.63) is 218 Å². The summed E-state index contributed by atoms with van der Waals surface area (Å²) in [5.74, 6) is 0. The molecule has 2 nitrogen and oxygen atoms in total. The van der Waals surface area contributed by atoms with Crippen LogP contribution in [0, 0.1) is 0 Å². The van der Waals surface area contributed by atoms with Crippen molar-refractivity contribution in [3.63, 3.8) is 0 Å². The summed E-state index contributed by atoms with van der Waals surface area (Å²) in [4.78, 5) is 0. The van der Waals surface area contributed by atoms with E-state index in [1.807, 2.05) is 11.3 Å². The smallest absolute Gasteiger partial charge is 0.179 e. The predicted octanol–water partition coefficient (Wildman–Crippen LogP) is 11.6. The largest absolute Gasteiger partial charge is 0.309 e. The van der Waals surface area contributed by atoms with E-state index >= 15 is 0 Å². The van der Waals surface area contributed by atoms with E-state index in [-0.39, 0.29) is 0 Å². The zero-order valence-corrected chi connectivity index (χ0v) is 33.4. The third kappa shape index (κ3) is 4.83. The van der Waals surface area contributed by atoms with Crippen LogP contribution < -0.4 is 20.7 Å². The summed E-state index contributed by atoms with van der Waals surface area (Å²) >= 11 is 1.89. The van der Waals surface area contributed by atoms with Crippen molar-refractivity contribution in [3.8, 4) is 11.4 Å². The van der Waals surface area contributed by atoms with Crippen molar-refractivity contribution < 1.29 is 0 Å². The first-order chi connectivity index (χ1) is 28.8. The fourth-order valence-electron chi connectivity index (χ4n) is 9.78. The molecule has 0 bridgehead atoms. The van der Waals surface area contributed by atoms with Crippen LogP contribution in [-0.2, 0) is 0 Å². The summed E-state index contributed by atoms with van der Waals surface area (Å²) in [5.41, 5.74) is 7.23. The number of thiophene rings is 1. The molecule has 0 N–H and O–H groups in total. The van der Waals surface area contributed by atoms with Crippen molar-refractivity contribution in [1.29, 1.82) is 0 Å². The van der Waals surface area contributed by atoms with E-state index in [0.717, 1.165) is 0 Å². The topological polar surface area (TPSA) is 9.86 Å². The highest BCUT2D eigenvalue weighted by Gasteiger charge is 2.42. The molecule has 12 aromatic rings. The van der Waals surface area contributed by atoms with Gasteiger partial charge in [0.25, 0.3) is 0 Å². The Labute approximate surface area is 341 Å². The van der Waals surface area contributed by atoms with Gasteiger partial charge in [-0.25, -0.2) is 0 Å². The molecule has 12 rings (SSSR count). The molecule has 0 unspecified atom stereocenters. The molecule has 0 aliphatic rings. The lowest BCUT2D eigenvalue weighted by Gasteiger charge is -2.35. The molecule has 0 radical (unpaired) electrons. The Morgan fingerprint density at radius 3 is 1.47 bits per heavy atom. The van der Waals surface area contributed by atoms with Gasteiger partial charge < -0.3 is 9.13 Å². The molecule has 4 heteroatoms. The SMILES string of the molecule is c1ccc(-n2c3ccccc3c3cc([Si](c4ccccc4)(c4ccccc4)c4cccc(-n5c6ccccc6c6cc7sc8ccccc8c7cc65)c4)ccc32)cc1. The monoisotopic (exact) mass is 772 g/mol. The van der Waals surface area contributed by atoms with Crippen LogP contribution in [0.15, 0.2) is 218 Å². The van der Waals surface area contributed by atoms with Gasteiger partial charge in [-0.3, -0.25) is 0 Å². The van der Waals surface area contributed by atoms with Gasteiger partial charge in [0.2, 0.25) is 0 Å². The maximum absolute atomic E-state index is 2.94. The second-order valence-electron chi connectivity index (χ2n) is 15.3. The first-order valence-corrected chi connectivity index (χ1v) is 22.7. The van der Waals surface area contributed by atoms with E-state index < -0.39 is 8.07 Å². The highest BCUT2D eigenvalue weighted by Crippen LogP contribution is 2.40. The van der Waals surface area contributed by atoms with Crippen LogP contribution in [0.5, 0.6) is 0 Å². The average Bonchev–Trinajstić information content (AvgIpc) is 3.94. The first-order valence-electron chi connectivity index (χ1n) is 19.9. The minimum Gasteiger partial charge on any atom is -0.309 e. The van der Waals surface area contributed by atoms with Gasteiger partial charge in [0.15, 0.2) is 8.07 Å². The molecule has 0 atom stereocenters. The van der Waals surface area contributed by atoms with Gasteiger partial charge in [0, 0.05) is 53.1 Å². The molecule has 3 aromatic heterocycles. The number of hydrogen-bond acceptors (Lipinski definition) is 1. The molecule has 0 aliphatic heterocycles. The maximum Gasteiger partial charge on any atom is 0.179 e. The summed E-state index contributed by atoms with van der Waals surface area (Å²) < 4.78 is 7.58. The van der Waals surface area contributed by atoms with E-state index in [9.17, 15) is 0 Å². The highest BCUT2D eigenvalue weighted by atomic mass is 32.1. The number of aromatic nitrogens is 2. The summed E-state index contributed by atoms with van der Waals surface area (Å²) in [5, 5.41) is 13.2. The zero-order valence-electron chi connectivity index (χ0n) is 31.6. The van der Waals surface area contributed by atoms with Gasteiger partial charge in [-0.2, -0.15) is 0 Å². The van der Waals surface area contributed by atoms with Gasteiger partial charge >= 0.3 is 0 Å². The molecule has 0 spiro atoms. The van der Waals surface area contributed by atoms with E-state index in [1.54, 1.807) is 0 Å². The van der Waals surface area contributed by atoms with Crippen LogP contribution in [-0.4, -0.2) is 17.2 Å². The van der Waals surface area contributed by atoms with E-state index in [4.69, 9.17) is 0 Å². The lowest BCUT2D eigenvalue weighted by molar-refractivity contribution is 1.18. The molecular formula is C54H36N2SSi. The van der Waals surface area contributed by atoms with Gasteiger partial charge in [0.1, 0.15) is 0 Å². The van der Waals surface area contributed by atoms with Gasteiger partial charge in [0.05, 0.1) is 22.1 Å². The van der Waals surface area contributed by atoms with Crippen molar-refractivity contribution in [1.82, 2.24) is 9.13 Å². The highest BCUT2D eigenvalue weighted by molar-refractivity contribution is 7.26. The fraction of sp³-hybridized carbons (Fsp3) is 0. The number of benzene rings is 9. The number of para-hydroxylation sites is 3. The Morgan fingerprint density at radius 2 is 0.776 bits per heavy atom. The predicted molar refractivity (Wildman–Crippen MR) is 252 cm³/mol. The lowest BCUT2D eigenvalue weighted by Crippen LogP contribution is -2.74. The molecule has 0 saturated heterocycles. The number of hydrogen-bond donors (Lipinski definition) is 0. The van der Waals surface area contributed by atoms with Gasteiger partial charge in [-0.1, -0.05) is 158 Å². The van der Waals surface area contributed by atoms with Crippen LogP contribution >= 0.6 is 11.3 Å². The second-order valence-corrected chi connectivity index (χ2v) is 20.2. The standard InChI is InChI=1S/C54H36N2SSi/c1-4-17-37(18-5-1)55-49-28-13-10-25-43(49)46-34-42(31-32-51(46)55)58(39-20-6-2-7-21-39,40-22-8-3-9-23-40)41-24-16-19-38(33-41)56-50-29-14-11-26-44(50)47-36-54-48(35-52(47)56)45-27-12-15-30-53(45)57-54/h1-36H. The van der Waals surface area contributed by atoms with Crippen molar-refractivity contribution >= 4 is 104 Å². The number of nitrogens with zero attached hydrogens (tertiary/aromatic N) is 2. The summed E-state index contributed by atoms with van der Waals surface area (Å²) in [7, 11) is -2.94. The molecule has 9 aromatic carbocycles. The quantitative estimate of drug-likeness (QED) is 0.118. The van der Waals surface area contributed by atoms with Crippen LogP contribution in [0.4, 0.5) is 0 Å². The Kier molecular flexibility index (Phi) is 7.46.